The Bertz CT molecular complexity index is 1920. The molecule has 2 aliphatic heterocycles. The molecule has 45 heavy (non-hydrogen) atoms. The van der Waals surface area contributed by atoms with E-state index in [1.54, 1.807) is 12.1 Å². The number of fused-ring (bicyclic) bond motifs is 2. The minimum Gasteiger partial charge on any atom is -0.508 e. The number of anilines is 2. The molecule has 3 amide bonds. The van der Waals surface area contributed by atoms with Crippen molar-refractivity contribution in [2.45, 2.75) is 28.9 Å². The Hall–Kier alpha value is -4.96. The molecular formula is C29H19F3N4O7S2. The second-order valence-electron chi connectivity index (χ2n) is 10.2. The first-order chi connectivity index (χ1) is 21.3. The Morgan fingerprint density at radius 1 is 1.00 bits per heavy atom. The zero-order valence-electron chi connectivity index (χ0n) is 22.6. The molecular weight excluding hydrogens is 637 g/mol. The molecule has 1 fully saturated rings. The lowest BCUT2D eigenvalue weighted by Gasteiger charge is -2.30. The molecule has 16 heteroatoms. The van der Waals surface area contributed by atoms with Gasteiger partial charge in [0.2, 0.25) is 17.7 Å². The third kappa shape index (κ3) is 5.46. The molecule has 2 N–H and O–H groups in total. The van der Waals surface area contributed by atoms with Crippen LogP contribution in [0, 0.1) is 16.0 Å². The Morgan fingerprint density at radius 3 is 2.33 bits per heavy atom. The zero-order valence-corrected chi connectivity index (χ0v) is 24.2. The van der Waals surface area contributed by atoms with Gasteiger partial charge in [-0.1, -0.05) is 41.3 Å². The second kappa shape index (κ2) is 11.2. The van der Waals surface area contributed by atoms with E-state index in [0.29, 0.717) is 10.4 Å². The summed E-state index contributed by atoms with van der Waals surface area (Å²) < 4.78 is 40.6. The van der Waals surface area contributed by atoms with Crippen molar-refractivity contribution >= 4 is 57.9 Å². The van der Waals surface area contributed by atoms with Gasteiger partial charge in [-0.2, -0.15) is 13.2 Å². The van der Waals surface area contributed by atoms with Gasteiger partial charge in [-0.05, 0) is 48.0 Å². The van der Waals surface area contributed by atoms with E-state index in [9.17, 15) is 47.6 Å². The van der Waals surface area contributed by atoms with Crippen molar-refractivity contribution in [3.05, 3.63) is 109 Å². The highest BCUT2D eigenvalue weighted by atomic mass is 32.2. The second-order valence-corrected chi connectivity index (χ2v) is 12.3. The maximum atomic E-state index is 13.9. The van der Waals surface area contributed by atoms with E-state index in [0.717, 1.165) is 50.8 Å². The van der Waals surface area contributed by atoms with Crippen molar-refractivity contribution in [3.8, 4) is 5.75 Å². The van der Waals surface area contributed by atoms with Gasteiger partial charge in [0, 0.05) is 28.6 Å². The number of hydrogen-bond donors (Lipinski definition) is 2. The number of amides is 3. The number of benzene rings is 3. The number of thioether (sulfide) groups is 1. The number of nitro benzene ring substituents is 1. The van der Waals surface area contributed by atoms with Gasteiger partial charge in [0.05, 0.1) is 27.1 Å². The van der Waals surface area contributed by atoms with E-state index < -0.39 is 62.9 Å². The van der Waals surface area contributed by atoms with Crippen molar-refractivity contribution in [2.75, 3.05) is 10.2 Å². The van der Waals surface area contributed by atoms with Crippen LogP contribution in [0.25, 0.3) is 0 Å². The number of phenolic OH excluding ortho intramolecular Hbond substituents is 1. The van der Waals surface area contributed by atoms with Gasteiger partial charge in [-0.25, -0.2) is 4.90 Å². The molecule has 0 saturated carbocycles. The number of aromatic nitrogens is 1. The highest BCUT2D eigenvalue weighted by Gasteiger charge is 2.56. The number of nitrogens with zero attached hydrogens (tertiary/aromatic N) is 3. The topological polar surface area (TPSA) is 152 Å². The van der Waals surface area contributed by atoms with Gasteiger partial charge in [0.25, 0.3) is 5.69 Å². The number of non-ortho nitro benzene ring substituents is 1. The summed E-state index contributed by atoms with van der Waals surface area (Å²) in [5.74, 6) is -3.90. The number of carbonyl (C=O) groups excluding carboxylic acids is 3. The summed E-state index contributed by atoms with van der Waals surface area (Å²) in [5, 5.41) is 22.6. The lowest BCUT2D eigenvalue weighted by Crippen LogP contribution is -2.33. The molecule has 4 aromatic rings. The first-order valence-electron chi connectivity index (χ1n) is 13.1. The number of aromatic hydroxyl groups is 1. The first-order valence-corrected chi connectivity index (χ1v) is 14.8. The summed E-state index contributed by atoms with van der Waals surface area (Å²) in [6.07, 6.45) is -4.63. The third-order valence-corrected chi connectivity index (χ3v) is 10.00. The summed E-state index contributed by atoms with van der Waals surface area (Å²) in [4.78, 5) is 65.1. The average molecular weight is 657 g/mol. The predicted molar refractivity (Wildman–Crippen MR) is 157 cm³/mol. The van der Waals surface area contributed by atoms with Crippen LogP contribution < -0.4 is 15.1 Å². The third-order valence-electron chi connectivity index (χ3n) is 7.40. The van der Waals surface area contributed by atoms with Crippen LogP contribution in [-0.4, -0.2) is 37.6 Å². The van der Waals surface area contributed by atoms with Crippen molar-refractivity contribution in [3.63, 3.8) is 0 Å². The van der Waals surface area contributed by atoms with E-state index in [-0.39, 0.29) is 27.8 Å². The summed E-state index contributed by atoms with van der Waals surface area (Å²) >= 11 is 1.69. The maximum Gasteiger partial charge on any atom is 0.416 e. The molecule has 1 aromatic heterocycles. The molecule has 3 aromatic carbocycles. The number of imide groups is 1. The van der Waals surface area contributed by atoms with Crippen LogP contribution in [0.1, 0.15) is 21.9 Å². The molecule has 0 spiro atoms. The van der Waals surface area contributed by atoms with E-state index in [4.69, 9.17) is 0 Å². The first kappa shape index (κ1) is 30.1. The minimum atomic E-state index is -4.63. The molecule has 230 valence electrons. The Kier molecular flexibility index (Phi) is 7.48. The molecule has 3 atom stereocenters. The van der Waals surface area contributed by atoms with Crippen LogP contribution in [0.3, 0.4) is 0 Å². The Labute approximate surface area is 259 Å². The number of nitro groups is 1. The fraction of sp³-hybridized carbons (Fsp3) is 0.172. The fourth-order valence-electron chi connectivity index (χ4n) is 5.39. The standard InChI is InChI=1S/C29H19F3N4O7S2/c30-29(31,32)15-2-1-3-16(12-15)33-20(38)13-34-27-24(45-28(34)41)21(14-4-10-19(37)11-5-14)22-23(44-27)26(40)35(25(22)39)17-6-8-18(9-7-17)36(42)43/h1-12,21-23,37H,13H2,(H,33,38). The molecule has 0 bridgehead atoms. The van der Waals surface area contributed by atoms with Gasteiger partial charge in [0.1, 0.15) is 17.5 Å². The lowest BCUT2D eigenvalue weighted by molar-refractivity contribution is -0.384. The van der Waals surface area contributed by atoms with Gasteiger partial charge in [-0.3, -0.25) is 33.9 Å². The largest absolute Gasteiger partial charge is 0.508 e. The summed E-state index contributed by atoms with van der Waals surface area (Å²) in [6.45, 7) is -0.582. The maximum absolute atomic E-state index is 13.9. The number of halogens is 3. The van der Waals surface area contributed by atoms with Crippen LogP contribution in [0.15, 0.2) is 82.6 Å². The molecule has 2 aliphatic rings. The molecule has 0 radical (unpaired) electrons. The zero-order chi connectivity index (χ0) is 32.2. The van der Waals surface area contributed by atoms with Gasteiger partial charge in [-0.15, -0.1) is 0 Å². The molecule has 0 aliphatic carbocycles. The Morgan fingerprint density at radius 2 is 1.69 bits per heavy atom. The molecule has 3 unspecified atom stereocenters. The van der Waals surface area contributed by atoms with Crippen LogP contribution in [0.2, 0.25) is 0 Å². The monoisotopic (exact) mass is 656 g/mol. The molecule has 6 rings (SSSR count). The van der Waals surface area contributed by atoms with E-state index >= 15 is 0 Å². The number of hydrogen-bond acceptors (Lipinski definition) is 9. The highest BCUT2D eigenvalue weighted by molar-refractivity contribution is 8.00. The smallest absolute Gasteiger partial charge is 0.416 e. The molecule has 1 saturated heterocycles. The van der Waals surface area contributed by atoms with E-state index in [1.165, 1.54) is 42.5 Å². The van der Waals surface area contributed by atoms with E-state index in [1.807, 2.05) is 0 Å². The molecule has 3 heterocycles. The van der Waals surface area contributed by atoms with Crippen molar-refractivity contribution < 1.29 is 37.6 Å². The van der Waals surface area contributed by atoms with Crippen LogP contribution in [0.4, 0.5) is 30.2 Å². The fourth-order valence-corrected chi connectivity index (χ4v) is 8.16. The highest BCUT2D eigenvalue weighted by Crippen LogP contribution is 2.54. The number of rotatable bonds is 6. The van der Waals surface area contributed by atoms with Gasteiger partial charge >= 0.3 is 11.0 Å². The predicted octanol–water partition coefficient (Wildman–Crippen LogP) is 4.98. The number of thiazole rings is 1. The quantitative estimate of drug-likeness (QED) is 0.168. The number of alkyl halides is 3. The van der Waals surface area contributed by atoms with Crippen molar-refractivity contribution in [1.82, 2.24) is 4.57 Å². The summed E-state index contributed by atoms with van der Waals surface area (Å²) in [5.41, 5.74) is -0.696. The van der Waals surface area contributed by atoms with Crippen LogP contribution in [-0.2, 0) is 27.1 Å². The normalized spacial score (nSPS) is 19.3. The van der Waals surface area contributed by atoms with Gasteiger partial charge in [0.15, 0.2) is 0 Å². The van der Waals surface area contributed by atoms with Crippen molar-refractivity contribution in [1.29, 1.82) is 0 Å². The lowest BCUT2D eigenvalue weighted by atomic mass is 9.83. The van der Waals surface area contributed by atoms with Crippen LogP contribution >= 0.6 is 23.1 Å². The number of nitrogens with one attached hydrogen (secondary N) is 1. The van der Waals surface area contributed by atoms with Gasteiger partial charge < -0.3 is 10.4 Å². The van der Waals surface area contributed by atoms with Crippen molar-refractivity contribution in [2.24, 2.45) is 5.92 Å². The Balaban J connectivity index is 1.37. The number of phenols is 1. The summed E-state index contributed by atoms with van der Waals surface area (Å²) in [6, 6.07) is 14.8. The average Bonchev–Trinajstić information content (AvgIpc) is 3.43. The van der Waals surface area contributed by atoms with E-state index in [2.05, 4.69) is 5.32 Å². The number of carbonyl (C=O) groups is 3. The summed E-state index contributed by atoms with van der Waals surface area (Å²) in [7, 11) is 0. The SMILES string of the molecule is O=C(Cn1c2c(sc1=O)C(c1ccc(O)cc1)C1C(=O)N(c3ccc([N+](=O)[O-])cc3)C(=O)C1S2)Nc1cccc(C(F)(F)F)c1. The minimum absolute atomic E-state index is 0.0564. The van der Waals surface area contributed by atoms with Crippen LogP contribution in [0.5, 0.6) is 5.75 Å². The molecule has 11 nitrogen and oxygen atoms in total.